The first-order valence-corrected chi connectivity index (χ1v) is 8.09. The largest absolute Gasteiger partial charge is 0.235 e. The quantitative estimate of drug-likeness (QED) is 0.267. The fourth-order valence-electron chi connectivity index (χ4n) is 0.826. The van der Waals surface area contributed by atoms with Gasteiger partial charge >= 0.3 is 0 Å². The Morgan fingerprint density at radius 3 is 1.29 bits per heavy atom. The van der Waals surface area contributed by atoms with E-state index >= 15 is 0 Å². The van der Waals surface area contributed by atoms with Crippen LogP contribution in [-0.4, -0.2) is 52.6 Å². The minimum atomic E-state index is 0. The fourth-order valence-corrected chi connectivity index (χ4v) is 3.92. The van der Waals surface area contributed by atoms with Crippen molar-refractivity contribution in [1.82, 2.24) is 0 Å². The van der Waals surface area contributed by atoms with Crippen LogP contribution in [-0.2, 0) is 14.4 Å². The van der Waals surface area contributed by atoms with E-state index in [9.17, 15) is 14.4 Å². The van der Waals surface area contributed by atoms with Gasteiger partial charge in [0.15, 0.2) is 0 Å². The van der Waals surface area contributed by atoms with Crippen molar-refractivity contribution < 1.29 is 14.4 Å². The summed E-state index contributed by atoms with van der Waals surface area (Å²) in [6, 6.07) is 0. The number of isocyanates is 3. The Morgan fingerprint density at radius 1 is 0.625 bits per heavy atom. The van der Waals surface area contributed by atoms with E-state index in [1.54, 1.807) is 0 Å². The number of thioether (sulfide) groups is 3. The summed E-state index contributed by atoms with van der Waals surface area (Å²) in [6.07, 6.45) is 4.41. The van der Waals surface area contributed by atoms with Crippen molar-refractivity contribution in [2.75, 3.05) is 29.1 Å². The van der Waals surface area contributed by atoms with Gasteiger partial charge in [0, 0.05) is 16.8 Å². The number of nitrogens with zero attached hydrogens (tertiary/aromatic N) is 3. The van der Waals surface area contributed by atoms with E-state index in [-0.39, 0.29) is 49.8 Å². The zero-order valence-corrected chi connectivity index (χ0v) is 11.9. The highest BCUT2D eigenvalue weighted by Gasteiger charge is 2.09. The maximum absolute atomic E-state index is 9.95. The third-order valence-corrected chi connectivity index (χ3v) is 4.89. The molecule has 146 valence electrons. The first-order valence-electron chi connectivity index (χ1n) is 4.73. The van der Waals surface area contributed by atoms with Gasteiger partial charge in [-0.15, -0.1) is 35.3 Å². The van der Waals surface area contributed by atoms with Crippen LogP contribution in [0.3, 0.4) is 0 Å². The van der Waals surface area contributed by atoms with Gasteiger partial charge in [0.2, 0.25) is 18.2 Å². The highest BCUT2D eigenvalue weighted by atomic mass is 32.2. The lowest BCUT2D eigenvalue weighted by molar-refractivity contribution is 0.563. The van der Waals surface area contributed by atoms with Gasteiger partial charge in [-0.05, 0) is 0 Å². The lowest BCUT2D eigenvalue weighted by Crippen LogP contribution is -2.11. The van der Waals surface area contributed by atoms with Gasteiger partial charge in [0.25, 0.3) is 0 Å². The predicted molar refractivity (Wildman–Crippen MR) is 116 cm³/mol. The van der Waals surface area contributed by atoms with Gasteiger partial charge in [-0.25, -0.2) is 14.4 Å². The molecular weight excluding hydrogens is 366 g/mol. The molecule has 0 rings (SSSR count). The average Bonchev–Trinajstić information content (AvgIpc) is 2.39. The van der Waals surface area contributed by atoms with Crippen LogP contribution >= 0.6 is 35.3 Å². The molecule has 0 aromatic rings. The average molecular weight is 402 g/mol. The molecule has 0 fully saturated rings. The molecule has 0 saturated carbocycles. The van der Waals surface area contributed by atoms with Crippen molar-refractivity contribution in [2.24, 2.45) is 15.0 Å². The summed E-state index contributed by atoms with van der Waals surface area (Å²) < 4.78 is 0. The summed E-state index contributed by atoms with van der Waals surface area (Å²) in [5.41, 5.74) is 0. The summed E-state index contributed by atoms with van der Waals surface area (Å²) >= 11 is 4.50. The van der Waals surface area contributed by atoms with Gasteiger partial charge in [0.1, 0.15) is 0 Å². The van der Waals surface area contributed by atoms with Gasteiger partial charge in [-0.1, -0.05) is 44.6 Å². The van der Waals surface area contributed by atoms with Gasteiger partial charge in [-0.2, -0.15) is 15.0 Å². The van der Waals surface area contributed by atoms with E-state index < -0.39 is 0 Å². The predicted octanol–water partition coefficient (Wildman–Crippen LogP) is 5.25. The molecular formula is C15H35N3O3S3. The molecule has 0 N–H and O–H groups in total. The van der Waals surface area contributed by atoms with Crippen LogP contribution in [0, 0.1) is 0 Å². The smallest absolute Gasteiger partial charge is 0.211 e. The monoisotopic (exact) mass is 401 g/mol. The molecule has 0 aromatic heterocycles. The summed E-state index contributed by atoms with van der Waals surface area (Å²) in [4.78, 5) is 40.1. The second-order valence-corrected chi connectivity index (χ2v) is 5.92. The van der Waals surface area contributed by atoms with Crippen molar-refractivity contribution >= 4 is 53.5 Å². The van der Waals surface area contributed by atoms with Gasteiger partial charge in [0.05, 0.1) is 17.6 Å². The van der Waals surface area contributed by atoms with Gasteiger partial charge < -0.3 is 0 Å². The van der Waals surface area contributed by atoms with Crippen LogP contribution in [0.1, 0.15) is 44.6 Å². The normalized spacial score (nSPS) is 8.00. The molecule has 0 aliphatic rings. The van der Waals surface area contributed by atoms with Crippen molar-refractivity contribution in [2.45, 2.75) is 49.8 Å². The molecule has 0 atom stereocenters. The number of aliphatic imine (C=N–C) groups is 3. The van der Waals surface area contributed by atoms with E-state index in [4.69, 9.17) is 0 Å². The number of hydrogen-bond donors (Lipinski definition) is 0. The Balaban J connectivity index is -0.0000000963. The zero-order valence-electron chi connectivity index (χ0n) is 9.40. The van der Waals surface area contributed by atoms with Crippen LogP contribution in [0.5, 0.6) is 0 Å². The maximum Gasteiger partial charge on any atom is 0.235 e. The molecule has 9 heteroatoms. The van der Waals surface area contributed by atoms with Crippen LogP contribution < -0.4 is 0 Å². The lowest BCUT2D eigenvalue weighted by atomic mass is 10.5. The molecule has 0 saturated heterocycles. The molecule has 0 radical (unpaired) electrons. The zero-order chi connectivity index (χ0) is 13.5. The summed E-state index contributed by atoms with van der Waals surface area (Å²) in [7, 11) is 0. The van der Waals surface area contributed by atoms with Crippen LogP contribution in [0.2, 0.25) is 0 Å². The van der Waals surface area contributed by atoms with Crippen molar-refractivity contribution in [3.05, 3.63) is 0 Å². The molecule has 0 amide bonds. The SMILES string of the molecule is C.C.C.C.C.C.O=C=NCSCC(CSCN=C=O)SCN=C=O. The number of hydrogen-bond acceptors (Lipinski definition) is 9. The van der Waals surface area contributed by atoms with Gasteiger partial charge in [-0.3, -0.25) is 0 Å². The Hall–Kier alpha value is -0.810. The molecule has 0 unspecified atom stereocenters. The second kappa shape index (κ2) is 38.0. The lowest BCUT2D eigenvalue weighted by Gasteiger charge is -2.12. The van der Waals surface area contributed by atoms with Crippen molar-refractivity contribution in [1.29, 1.82) is 0 Å². The van der Waals surface area contributed by atoms with Crippen LogP contribution in [0.4, 0.5) is 0 Å². The number of carbonyl (C=O) groups excluding carboxylic acids is 3. The molecule has 0 aliphatic heterocycles. The Kier molecular flexibility index (Phi) is 69.0. The standard InChI is InChI=1S/C9H11N3O3S3.6CH4/c13-3-10-6-16-1-9(18-8-12-5-15)2-17-7-11-4-14;;;;;;/h9H,1-2,6-8H2;6*1H4. The topological polar surface area (TPSA) is 88.3 Å². The summed E-state index contributed by atoms with van der Waals surface area (Å²) in [5.74, 6) is 2.62. The fraction of sp³-hybridized carbons (Fsp3) is 0.800. The summed E-state index contributed by atoms with van der Waals surface area (Å²) in [6.45, 7) is 0. The third-order valence-electron chi connectivity index (χ3n) is 1.49. The van der Waals surface area contributed by atoms with Crippen molar-refractivity contribution in [3.8, 4) is 0 Å². The van der Waals surface area contributed by atoms with E-state index in [0.717, 1.165) is 11.5 Å². The van der Waals surface area contributed by atoms with E-state index in [2.05, 4.69) is 15.0 Å². The maximum atomic E-state index is 9.95. The molecule has 0 spiro atoms. The van der Waals surface area contributed by atoms with Crippen LogP contribution in [0.15, 0.2) is 15.0 Å². The van der Waals surface area contributed by atoms with E-state index in [0.29, 0.717) is 17.6 Å². The Morgan fingerprint density at radius 2 is 0.958 bits per heavy atom. The van der Waals surface area contributed by atoms with E-state index in [1.165, 1.54) is 53.5 Å². The molecule has 6 nitrogen and oxygen atoms in total. The molecule has 0 heterocycles. The molecule has 0 aromatic carbocycles. The minimum absolute atomic E-state index is 0. The van der Waals surface area contributed by atoms with E-state index in [1.807, 2.05) is 0 Å². The van der Waals surface area contributed by atoms with Crippen molar-refractivity contribution in [3.63, 3.8) is 0 Å². The second-order valence-electron chi connectivity index (χ2n) is 2.67. The molecule has 24 heavy (non-hydrogen) atoms. The first kappa shape index (κ1) is 43.6. The highest BCUT2D eigenvalue weighted by Crippen LogP contribution is 2.21. The Bertz CT molecular complexity index is 342. The first-order chi connectivity index (χ1) is 8.85. The molecule has 0 bridgehead atoms. The Labute approximate surface area is 161 Å². The van der Waals surface area contributed by atoms with Crippen LogP contribution in [0.25, 0.3) is 0 Å². The highest BCUT2D eigenvalue weighted by molar-refractivity contribution is 8.05. The summed E-state index contributed by atoms with van der Waals surface area (Å²) in [5, 5.41) is 0.237. The minimum Gasteiger partial charge on any atom is -0.211 e. The third kappa shape index (κ3) is 33.0. The molecule has 0 aliphatic carbocycles. The number of rotatable bonds is 11.